The Balaban J connectivity index is 3.46. The molecule has 0 heterocycles. The minimum Gasteiger partial charge on any atom is -0.286 e. The third kappa shape index (κ3) is 19.5. The van der Waals surface area contributed by atoms with Crippen LogP contribution in [0.2, 0.25) is 0 Å². The number of nitrogens with zero attached hydrogens (tertiary/aromatic N) is 1. The highest BCUT2D eigenvalue weighted by atomic mass is 32.2. The van der Waals surface area contributed by atoms with Crippen molar-refractivity contribution < 1.29 is 21.4 Å². The predicted molar refractivity (Wildman–Crippen MR) is 122 cm³/mol. The summed E-state index contributed by atoms with van der Waals surface area (Å²) in [6.45, 7) is 2.05. The first-order chi connectivity index (χ1) is 13.7. The first kappa shape index (κ1) is 28.8. The van der Waals surface area contributed by atoms with Crippen molar-refractivity contribution in [3.05, 3.63) is 0 Å². The molecule has 1 N–H and O–H groups in total. The zero-order chi connectivity index (χ0) is 22.0. The number of sulfonamides is 1. The third-order valence-electron chi connectivity index (χ3n) is 5.39. The summed E-state index contributed by atoms with van der Waals surface area (Å²) in [4.78, 5) is 0. The number of unbranched alkanes of at least 4 members (excludes halogenated alkanes) is 15. The first-order valence-corrected chi connectivity index (χ1v) is 14.8. The van der Waals surface area contributed by atoms with Crippen LogP contribution in [0.4, 0.5) is 0 Å². The molecule has 0 saturated carbocycles. The van der Waals surface area contributed by atoms with Crippen LogP contribution in [-0.2, 0) is 20.1 Å². The SMILES string of the molecule is CCCCCCCCCCCCCCCCCCS(=O)(=O)N(C)CCS(=O)(=O)O. The summed E-state index contributed by atoms with van der Waals surface area (Å²) in [5.74, 6) is -0.533. The van der Waals surface area contributed by atoms with Crippen molar-refractivity contribution in [1.82, 2.24) is 4.31 Å². The summed E-state index contributed by atoms with van der Waals surface area (Å²) < 4.78 is 55.2. The molecular weight excluding hydrogens is 410 g/mol. The van der Waals surface area contributed by atoms with Gasteiger partial charge in [0.2, 0.25) is 10.0 Å². The fraction of sp³-hybridized carbons (Fsp3) is 1.00. The van der Waals surface area contributed by atoms with E-state index in [-0.39, 0.29) is 12.3 Å². The Kier molecular flexibility index (Phi) is 17.4. The lowest BCUT2D eigenvalue weighted by molar-refractivity contribution is 0.457. The molecule has 0 rings (SSSR count). The lowest BCUT2D eigenvalue weighted by Crippen LogP contribution is -2.33. The quantitative estimate of drug-likeness (QED) is 0.185. The highest BCUT2D eigenvalue weighted by Crippen LogP contribution is 2.14. The van der Waals surface area contributed by atoms with Crippen LogP contribution in [0.5, 0.6) is 0 Å². The molecule has 0 fully saturated rings. The Bertz CT molecular complexity index is 576. The van der Waals surface area contributed by atoms with Gasteiger partial charge in [0.15, 0.2) is 0 Å². The van der Waals surface area contributed by atoms with Crippen LogP contribution < -0.4 is 0 Å². The molecule has 0 atom stereocenters. The van der Waals surface area contributed by atoms with Crippen molar-refractivity contribution in [2.75, 3.05) is 25.1 Å². The van der Waals surface area contributed by atoms with Crippen LogP contribution in [-0.4, -0.2) is 50.8 Å². The van der Waals surface area contributed by atoms with Gasteiger partial charge in [0, 0.05) is 13.6 Å². The van der Waals surface area contributed by atoms with Gasteiger partial charge in [-0.15, -0.1) is 0 Å². The van der Waals surface area contributed by atoms with Gasteiger partial charge in [-0.3, -0.25) is 4.55 Å². The third-order valence-corrected chi connectivity index (χ3v) is 8.03. The van der Waals surface area contributed by atoms with Crippen LogP contribution in [0.15, 0.2) is 0 Å². The fourth-order valence-electron chi connectivity index (χ4n) is 3.37. The van der Waals surface area contributed by atoms with Crippen molar-refractivity contribution in [1.29, 1.82) is 0 Å². The summed E-state index contributed by atoms with van der Waals surface area (Å²) in [7, 11) is -6.23. The molecule has 8 heteroatoms. The van der Waals surface area contributed by atoms with Crippen molar-refractivity contribution in [3.8, 4) is 0 Å². The zero-order valence-corrected chi connectivity index (χ0v) is 20.4. The van der Waals surface area contributed by atoms with Gasteiger partial charge in [0.25, 0.3) is 10.1 Å². The van der Waals surface area contributed by atoms with Crippen molar-refractivity contribution >= 4 is 20.1 Å². The van der Waals surface area contributed by atoms with Crippen LogP contribution in [0, 0.1) is 0 Å². The molecule has 0 aliphatic carbocycles. The summed E-state index contributed by atoms with van der Waals surface area (Å²) in [5, 5.41) is 0. The fourth-order valence-corrected chi connectivity index (χ4v) is 5.24. The summed E-state index contributed by atoms with van der Waals surface area (Å²) in [5.41, 5.74) is 0. The smallest absolute Gasteiger partial charge is 0.266 e. The topological polar surface area (TPSA) is 91.8 Å². The van der Waals surface area contributed by atoms with Crippen LogP contribution in [0.25, 0.3) is 0 Å². The van der Waals surface area contributed by atoms with E-state index in [9.17, 15) is 16.8 Å². The first-order valence-electron chi connectivity index (χ1n) is 11.6. The Morgan fingerprint density at radius 2 is 0.931 bits per heavy atom. The van der Waals surface area contributed by atoms with Gasteiger partial charge >= 0.3 is 0 Å². The van der Waals surface area contributed by atoms with E-state index in [4.69, 9.17) is 4.55 Å². The molecule has 0 aliphatic heterocycles. The second-order valence-electron chi connectivity index (χ2n) is 8.23. The minimum absolute atomic E-state index is 0.0351. The van der Waals surface area contributed by atoms with Gasteiger partial charge < -0.3 is 0 Å². The van der Waals surface area contributed by atoms with E-state index < -0.39 is 25.9 Å². The van der Waals surface area contributed by atoms with Crippen molar-refractivity contribution in [3.63, 3.8) is 0 Å². The van der Waals surface area contributed by atoms with E-state index in [1.165, 1.54) is 84.1 Å². The van der Waals surface area contributed by atoms with Crippen LogP contribution >= 0.6 is 0 Å². The Morgan fingerprint density at radius 3 is 1.28 bits per heavy atom. The average molecular weight is 456 g/mol. The van der Waals surface area contributed by atoms with E-state index in [0.29, 0.717) is 6.42 Å². The lowest BCUT2D eigenvalue weighted by Gasteiger charge is -2.16. The molecule has 29 heavy (non-hydrogen) atoms. The summed E-state index contributed by atoms with van der Waals surface area (Å²) in [6.07, 6.45) is 19.8. The lowest BCUT2D eigenvalue weighted by atomic mass is 10.0. The molecule has 0 aliphatic rings. The van der Waals surface area contributed by atoms with Gasteiger partial charge in [-0.25, -0.2) is 12.7 Å². The molecule has 0 unspecified atom stereocenters. The second kappa shape index (κ2) is 17.5. The monoisotopic (exact) mass is 455 g/mol. The maximum Gasteiger partial charge on any atom is 0.266 e. The number of hydrogen-bond acceptors (Lipinski definition) is 4. The predicted octanol–water partition coefficient (Wildman–Crippen LogP) is 5.40. The van der Waals surface area contributed by atoms with E-state index in [0.717, 1.165) is 23.6 Å². The van der Waals surface area contributed by atoms with Gasteiger partial charge in [-0.05, 0) is 6.42 Å². The highest BCUT2D eigenvalue weighted by molar-refractivity contribution is 7.89. The molecule has 0 aromatic heterocycles. The molecule has 0 aromatic rings. The maximum atomic E-state index is 12.0. The summed E-state index contributed by atoms with van der Waals surface area (Å²) >= 11 is 0. The molecule has 0 spiro atoms. The Hall–Kier alpha value is -0.180. The number of hydrogen-bond donors (Lipinski definition) is 1. The van der Waals surface area contributed by atoms with Crippen molar-refractivity contribution in [2.45, 2.75) is 110 Å². The van der Waals surface area contributed by atoms with Crippen LogP contribution in [0.3, 0.4) is 0 Å². The molecule has 0 aromatic carbocycles. The van der Waals surface area contributed by atoms with Crippen LogP contribution in [0.1, 0.15) is 110 Å². The summed E-state index contributed by atoms with van der Waals surface area (Å²) in [6, 6.07) is 0. The molecule has 0 bridgehead atoms. The van der Waals surface area contributed by atoms with Gasteiger partial charge in [-0.2, -0.15) is 8.42 Å². The molecule has 176 valence electrons. The van der Waals surface area contributed by atoms with E-state index in [1.54, 1.807) is 0 Å². The van der Waals surface area contributed by atoms with Gasteiger partial charge in [0.05, 0.1) is 11.5 Å². The molecule has 6 nitrogen and oxygen atoms in total. The number of rotatable bonds is 21. The Morgan fingerprint density at radius 1 is 0.586 bits per heavy atom. The highest BCUT2D eigenvalue weighted by Gasteiger charge is 2.19. The molecule has 0 amide bonds. The maximum absolute atomic E-state index is 12.0. The molecular formula is C21H45NO5S2. The molecule has 0 saturated heterocycles. The largest absolute Gasteiger partial charge is 0.286 e. The van der Waals surface area contributed by atoms with E-state index in [2.05, 4.69) is 6.92 Å². The zero-order valence-electron chi connectivity index (χ0n) is 18.8. The minimum atomic E-state index is -4.14. The second-order valence-corrected chi connectivity index (χ2v) is 12.0. The Labute approximate surface area is 180 Å². The normalized spacial score (nSPS) is 12.7. The van der Waals surface area contributed by atoms with E-state index >= 15 is 0 Å². The van der Waals surface area contributed by atoms with Crippen molar-refractivity contribution in [2.24, 2.45) is 0 Å². The van der Waals surface area contributed by atoms with Gasteiger partial charge in [-0.1, -0.05) is 103 Å². The average Bonchev–Trinajstić information content (AvgIpc) is 2.65. The standard InChI is InChI=1S/C21H45NO5S2/c1-3-4-5-6-7-8-9-10-11-12-13-14-15-16-17-18-20-28(23,24)22(2)19-21-29(25,26)27/h3-21H2,1-2H3,(H,25,26,27). The van der Waals surface area contributed by atoms with E-state index in [1.807, 2.05) is 0 Å². The van der Waals surface area contributed by atoms with Gasteiger partial charge in [0.1, 0.15) is 0 Å². The molecule has 0 radical (unpaired) electrons.